The Kier molecular flexibility index (Phi) is 3.95. The standard InChI is InChI=1S/C18H18FN5O2/c1-12-10-16(25)24-17(21-12)13(11-20-24)18(26)23-8-6-22(7-9-23)15-5-3-2-4-14(15)19/h2-5,10-11,20H,6-9H2,1H3. The van der Waals surface area contributed by atoms with Gasteiger partial charge in [0.15, 0.2) is 5.65 Å². The molecule has 0 aliphatic carbocycles. The van der Waals surface area contributed by atoms with Crippen LogP contribution in [0.3, 0.4) is 0 Å². The first kappa shape index (κ1) is 16.3. The molecule has 1 saturated heterocycles. The van der Waals surface area contributed by atoms with E-state index in [0.29, 0.717) is 48.8 Å². The molecule has 0 saturated carbocycles. The Hall–Kier alpha value is -3.16. The van der Waals surface area contributed by atoms with Crippen LogP contribution in [0.4, 0.5) is 10.1 Å². The quantitative estimate of drug-likeness (QED) is 0.755. The van der Waals surface area contributed by atoms with Gasteiger partial charge in [-0.2, -0.15) is 0 Å². The maximum absolute atomic E-state index is 13.9. The fourth-order valence-corrected chi connectivity index (χ4v) is 3.28. The first-order chi connectivity index (χ1) is 12.5. The van der Waals surface area contributed by atoms with E-state index in [4.69, 9.17) is 0 Å². The summed E-state index contributed by atoms with van der Waals surface area (Å²) >= 11 is 0. The van der Waals surface area contributed by atoms with Crippen LogP contribution in [0.2, 0.25) is 0 Å². The summed E-state index contributed by atoms with van der Waals surface area (Å²) < 4.78 is 15.2. The second-order valence-electron chi connectivity index (χ2n) is 6.31. The third-order valence-electron chi connectivity index (χ3n) is 4.62. The van der Waals surface area contributed by atoms with E-state index in [2.05, 4.69) is 10.1 Å². The number of nitrogens with zero attached hydrogens (tertiary/aromatic N) is 4. The lowest BCUT2D eigenvalue weighted by Gasteiger charge is -2.36. The molecule has 3 heterocycles. The van der Waals surface area contributed by atoms with Crippen molar-refractivity contribution in [3.05, 3.63) is 64.0 Å². The number of aromatic amines is 1. The minimum Gasteiger partial charge on any atom is -0.366 e. The first-order valence-corrected chi connectivity index (χ1v) is 8.41. The number of para-hydroxylation sites is 1. The van der Waals surface area contributed by atoms with Crippen LogP contribution in [-0.4, -0.2) is 51.6 Å². The van der Waals surface area contributed by atoms with Gasteiger partial charge in [-0.1, -0.05) is 12.1 Å². The van der Waals surface area contributed by atoms with Crippen molar-refractivity contribution in [3.63, 3.8) is 0 Å². The van der Waals surface area contributed by atoms with Crippen molar-refractivity contribution in [2.24, 2.45) is 0 Å². The highest BCUT2D eigenvalue weighted by atomic mass is 19.1. The number of carbonyl (C=O) groups excluding carboxylic acids is 1. The number of fused-ring (bicyclic) bond motifs is 1. The number of hydrogen-bond donors (Lipinski definition) is 1. The summed E-state index contributed by atoms with van der Waals surface area (Å²) in [7, 11) is 0. The first-order valence-electron chi connectivity index (χ1n) is 8.41. The number of anilines is 1. The van der Waals surface area contributed by atoms with E-state index < -0.39 is 0 Å². The van der Waals surface area contributed by atoms with E-state index in [-0.39, 0.29) is 17.3 Å². The zero-order valence-electron chi connectivity index (χ0n) is 14.3. The van der Waals surface area contributed by atoms with Crippen molar-refractivity contribution in [1.82, 2.24) is 19.5 Å². The molecule has 3 aromatic rings. The van der Waals surface area contributed by atoms with Crippen molar-refractivity contribution in [3.8, 4) is 0 Å². The van der Waals surface area contributed by atoms with Gasteiger partial charge in [-0.3, -0.25) is 14.7 Å². The van der Waals surface area contributed by atoms with E-state index in [9.17, 15) is 14.0 Å². The van der Waals surface area contributed by atoms with Gasteiger partial charge in [0, 0.05) is 44.1 Å². The smallest absolute Gasteiger partial charge is 0.272 e. The van der Waals surface area contributed by atoms with Gasteiger partial charge in [0.25, 0.3) is 11.5 Å². The summed E-state index contributed by atoms with van der Waals surface area (Å²) in [6.07, 6.45) is 1.51. The van der Waals surface area contributed by atoms with Crippen molar-refractivity contribution in [1.29, 1.82) is 0 Å². The highest BCUT2D eigenvalue weighted by Gasteiger charge is 2.26. The second kappa shape index (κ2) is 6.29. The fourth-order valence-electron chi connectivity index (χ4n) is 3.28. The monoisotopic (exact) mass is 355 g/mol. The molecule has 26 heavy (non-hydrogen) atoms. The second-order valence-corrected chi connectivity index (χ2v) is 6.31. The fraction of sp³-hybridized carbons (Fsp3) is 0.278. The molecule has 1 N–H and O–H groups in total. The molecule has 0 unspecified atom stereocenters. The van der Waals surface area contributed by atoms with Gasteiger partial charge >= 0.3 is 0 Å². The summed E-state index contributed by atoms with van der Waals surface area (Å²) in [6, 6.07) is 8.04. The molecule has 7 nitrogen and oxygen atoms in total. The topological polar surface area (TPSA) is 73.7 Å². The molecular formula is C18H18FN5O2. The summed E-state index contributed by atoms with van der Waals surface area (Å²) in [5.41, 5.74) is 1.56. The Labute approximate surface area is 148 Å². The van der Waals surface area contributed by atoms with Crippen LogP contribution in [0.1, 0.15) is 16.1 Å². The van der Waals surface area contributed by atoms with E-state index in [1.165, 1.54) is 22.8 Å². The highest BCUT2D eigenvalue weighted by Crippen LogP contribution is 2.21. The van der Waals surface area contributed by atoms with E-state index in [1.807, 2.05) is 4.90 Å². The minimum atomic E-state index is -0.261. The zero-order chi connectivity index (χ0) is 18.3. The Bertz CT molecular complexity index is 1030. The number of H-pyrrole nitrogens is 1. The number of carbonyl (C=O) groups is 1. The Balaban J connectivity index is 1.54. The van der Waals surface area contributed by atoms with E-state index in [1.54, 1.807) is 30.0 Å². The number of aryl methyl sites for hydroxylation is 1. The number of amides is 1. The molecule has 0 bridgehead atoms. The molecular weight excluding hydrogens is 337 g/mol. The number of halogens is 1. The van der Waals surface area contributed by atoms with Gasteiger partial charge in [-0.25, -0.2) is 13.9 Å². The molecule has 0 spiro atoms. The molecule has 2 aromatic heterocycles. The molecule has 134 valence electrons. The van der Waals surface area contributed by atoms with Crippen molar-refractivity contribution >= 4 is 17.2 Å². The maximum Gasteiger partial charge on any atom is 0.272 e. The normalized spacial score (nSPS) is 14.8. The lowest BCUT2D eigenvalue weighted by Crippen LogP contribution is -2.49. The molecule has 4 rings (SSSR count). The Morgan fingerprint density at radius 3 is 2.65 bits per heavy atom. The lowest BCUT2D eigenvalue weighted by molar-refractivity contribution is 0.0748. The molecule has 0 atom stereocenters. The molecule has 0 radical (unpaired) electrons. The van der Waals surface area contributed by atoms with Gasteiger partial charge in [0.2, 0.25) is 0 Å². The van der Waals surface area contributed by atoms with Gasteiger partial charge in [-0.15, -0.1) is 0 Å². The van der Waals surface area contributed by atoms with Gasteiger partial charge < -0.3 is 9.80 Å². The average Bonchev–Trinajstić information content (AvgIpc) is 3.06. The predicted molar refractivity (Wildman–Crippen MR) is 95.1 cm³/mol. The van der Waals surface area contributed by atoms with Gasteiger partial charge in [0.1, 0.15) is 11.4 Å². The number of hydrogen-bond acceptors (Lipinski definition) is 4. The molecule has 1 aliphatic heterocycles. The largest absolute Gasteiger partial charge is 0.366 e. The van der Waals surface area contributed by atoms with Crippen LogP contribution < -0.4 is 10.5 Å². The van der Waals surface area contributed by atoms with Crippen molar-refractivity contribution in [2.45, 2.75) is 6.92 Å². The van der Waals surface area contributed by atoms with Gasteiger partial charge in [-0.05, 0) is 19.1 Å². The SMILES string of the molecule is Cc1cc(=O)n2[nH]cc(C(=O)N3CCN(c4ccccc4F)CC3)c2n1. The Morgan fingerprint density at radius 1 is 1.19 bits per heavy atom. The zero-order valence-corrected chi connectivity index (χ0v) is 14.3. The highest BCUT2D eigenvalue weighted by molar-refractivity contribution is 5.99. The summed E-state index contributed by atoms with van der Waals surface area (Å²) in [6.45, 7) is 3.75. The van der Waals surface area contributed by atoms with Crippen LogP contribution >= 0.6 is 0 Å². The summed E-state index contributed by atoms with van der Waals surface area (Å²) in [4.78, 5) is 32.8. The maximum atomic E-state index is 13.9. The third-order valence-corrected chi connectivity index (χ3v) is 4.62. The Morgan fingerprint density at radius 2 is 1.92 bits per heavy atom. The minimum absolute atomic E-state index is 0.186. The number of benzene rings is 1. The number of piperazine rings is 1. The number of rotatable bonds is 2. The summed E-state index contributed by atoms with van der Waals surface area (Å²) in [5.74, 6) is -0.447. The lowest BCUT2D eigenvalue weighted by atomic mass is 10.2. The van der Waals surface area contributed by atoms with Gasteiger partial charge in [0.05, 0.1) is 5.69 Å². The van der Waals surface area contributed by atoms with Crippen LogP contribution in [-0.2, 0) is 0 Å². The number of nitrogens with one attached hydrogen (secondary N) is 1. The van der Waals surface area contributed by atoms with Crippen LogP contribution in [0, 0.1) is 12.7 Å². The molecule has 1 aromatic carbocycles. The molecule has 1 fully saturated rings. The van der Waals surface area contributed by atoms with Crippen molar-refractivity contribution < 1.29 is 9.18 Å². The van der Waals surface area contributed by atoms with E-state index >= 15 is 0 Å². The van der Waals surface area contributed by atoms with Crippen LogP contribution in [0.25, 0.3) is 5.65 Å². The average molecular weight is 355 g/mol. The summed E-state index contributed by atoms with van der Waals surface area (Å²) in [5, 5.41) is 2.78. The molecule has 8 heteroatoms. The predicted octanol–water partition coefficient (Wildman–Crippen LogP) is 1.43. The van der Waals surface area contributed by atoms with E-state index in [0.717, 1.165) is 0 Å². The third kappa shape index (κ3) is 2.73. The van der Waals surface area contributed by atoms with Crippen LogP contribution in [0.15, 0.2) is 41.3 Å². The number of aromatic nitrogens is 3. The van der Waals surface area contributed by atoms with Crippen molar-refractivity contribution in [2.75, 3.05) is 31.1 Å². The van der Waals surface area contributed by atoms with Crippen LogP contribution in [0.5, 0.6) is 0 Å². The molecule has 1 aliphatic rings. The molecule has 1 amide bonds.